The molecule has 0 bridgehead atoms. The Balaban J connectivity index is 2.20. The molecular formula is C13H18ClN3O2. The maximum Gasteiger partial charge on any atom is 0.250 e. The van der Waals surface area contributed by atoms with E-state index in [4.69, 9.17) is 22.1 Å². The second-order valence-electron chi connectivity index (χ2n) is 4.88. The Bertz CT molecular complexity index is 481. The Kier molecular flexibility index (Phi) is 4.27. The summed E-state index contributed by atoms with van der Waals surface area (Å²) in [5, 5.41) is 0.445. The van der Waals surface area contributed by atoms with Gasteiger partial charge in [0.1, 0.15) is 5.82 Å². The number of aromatic nitrogens is 1. The van der Waals surface area contributed by atoms with E-state index in [0.717, 1.165) is 19.5 Å². The number of ether oxygens (including phenoxy) is 1. The van der Waals surface area contributed by atoms with Gasteiger partial charge in [-0.15, -0.1) is 0 Å². The summed E-state index contributed by atoms with van der Waals surface area (Å²) >= 11 is 6.18. The van der Waals surface area contributed by atoms with E-state index in [1.807, 2.05) is 0 Å². The number of hydrogen-bond acceptors (Lipinski definition) is 4. The van der Waals surface area contributed by atoms with Gasteiger partial charge in [-0.05, 0) is 18.4 Å². The number of hydrogen-bond donors (Lipinski definition) is 1. The van der Waals surface area contributed by atoms with Crippen molar-refractivity contribution in [2.24, 2.45) is 11.7 Å². The van der Waals surface area contributed by atoms with Crippen LogP contribution in [-0.2, 0) is 4.74 Å². The van der Waals surface area contributed by atoms with Crippen LogP contribution in [0.4, 0.5) is 5.82 Å². The number of amides is 1. The Labute approximate surface area is 117 Å². The van der Waals surface area contributed by atoms with E-state index in [2.05, 4.69) is 16.8 Å². The molecule has 1 saturated heterocycles. The summed E-state index contributed by atoms with van der Waals surface area (Å²) < 4.78 is 5.47. The number of methoxy groups -OCH3 is 1. The zero-order chi connectivity index (χ0) is 14.0. The summed E-state index contributed by atoms with van der Waals surface area (Å²) in [5.74, 6) is 0.675. The lowest BCUT2D eigenvalue weighted by Gasteiger charge is -2.37. The van der Waals surface area contributed by atoms with Gasteiger partial charge in [0, 0.05) is 26.4 Å². The highest BCUT2D eigenvalue weighted by Crippen LogP contribution is 2.29. The highest BCUT2D eigenvalue weighted by molar-refractivity contribution is 6.33. The Morgan fingerprint density at radius 3 is 2.95 bits per heavy atom. The van der Waals surface area contributed by atoms with Gasteiger partial charge in [-0.2, -0.15) is 0 Å². The van der Waals surface area contributed by atoms with Crippen LogP contribution < -0.4 is 10.6 Å². The fourth-order valence-electron chi connectivity index (χ4n) is 2.33. The Hall–Kier alpha value is -1.33. The fraction of sp³-hybridized carbons (Fsp3) is 0.538. The van der Waals surface area contributed by atoms with Gasteiger partial charge in [-0.1, -0.05) is 18.5 Å². The number of pyridine rings is 1. The first-order valence-corrected chi connectivity index (χ1v) is 6.63. The summed E-state index contributed by atoms with van der Waals surface area (Å²) in [6.45, 7) is 3.81. The molecule has 1 aromatic rings. The summed E-state index contributed by atoms with van der Waals surface area (Å²) in [4.78, 5) is 17.4. The highest BCUT2D eigenvalue weighted by atomic mass is 35.5. The van der Waals surface area contributed by atoms with Gasteiger partial charge in [0.05, 0.1) is 16.7 Å². The van der Waals surface area contributed by atoms with Gasteiger partial charge in [0.2, 0.25) is 5.91 Å². The number of anilines is 1. The van der Waals surface area contributed by atoms with Gasteiger partial charge < -0.3 is 15.4 Å². The maximum absolute atomic E-state index is 11.1. The lowest BCUT2D eigenvalue weighted by Crippen LogP contribution is -2.44. The molecule has 1 aliphatic heterocycles. The van der Waals surface area contributed by atoms with Crippen molar-refractivity contribution in [2.45, 2.75) is 19.4 Å². The highest BCUT2D eigenvalue weighted by Gasteiger charge is 2.27. The number of piperidine rings is 1. The van der Waals surface area contributed by atoms with Crippen LogP contribution in [-0.4, -0.2) is 37.2 Å². The zero-order valence-corrected chi connectivity index (χ0v) is 11.9. The summed E-state index contributed by atoms with van der Waals surface area (Å²) in [6.07, 6.45) is 2.65. The number of primary amides is 1. The molecule has 5 nitrogen and oxygen atoms in total. The monoisotopic (exact) mass is 283 g/mol. The third kappa shape index (κ3) is 2.98. The van der Waals surface area contributed by atoms with Crippen molar-refractivity contribution in [1.29, 1.82) is 0 Å². The zero-order valence-electron chi connectivity index (χ0n) is 11.1. The smallest absolute Gasteiger partial charge is 0.250 e. The van der Waals surface area contributed by atoms with E-state index in [-0.39, 0.29) is 6.10 Å². The first-order chi connectivity index (χ1) is 9.02. The molecule has 1 aliphatic rings. The van der Waals surface area contributed by atoms with Crippen molar-refractivity contribution in [3.05, 3.63) is 22.8 Å². The molecule has 6 heteroatoms. The Morgan fingerprint density at radius 2 is 2.37 bits per heavy atom. The van der Waals surface area contributed by atoms with Crippen LogP contribution in [0.15, 0.2) is 12.3 Å². The van der Waals surface area contributed by atoms with Crippen molar-refractivity contribution < 1.29 is 9.53 Å². The quantitative estimate of drug-likeness (QED) is 0.917. The molecule has 2 N–H and O–H groups in total. The molecule has 1 fully saturated rings. The van der Waals surface area contributed by atoms with E-state index in [0.29, 0.717) is 22.3 Å². The molecule has 19 heavy (non-hydrogen) atoms. The number of carbonyl (C=O) groups is 1. The standard InChI is InChI=1S/C13H18ClN3O2/c1-8-3-4-17(7-11(8)19-2)13-10(14)5-9(6-16-13)12(15)18/h5-6,8,11H,3-4,7H2,1-2H3,(H2,15,18). The molecule has 104 valence electrons. The molecule has 0 spiro atoms. The molecule has 2 atom stereocenters. The van der Waals surface area contributed by atoms with E-state index in [9.17, 15) is 4.79 Å². The lowest BCUT2D eigenvalue weighted by molar-refractivity contribution is 0.0496. The van der Waals surface area contributed by atoms with Crippen molar-refractivity contribution in [1.82, 2.24) is 4.98 Å². The minimum atomic E-state index is -0.525. The number of nitrogens with two attached hydrogens (primary N) is 1. The molecule has 1 aromatic heterocycles. The largest absolute Gasteiger partial charge is 0.379 e. The van der Waals surface area contributed by atoms with Gasteiger partial charge in [-0.3, -0.25) is 4.79 Å². The van der Waals surface area contributed by atoms with Gasteiger partial charge >= 0.3 is 0 Å². The minimum Gasteiger partial charge on any atom is -0.379 e. The second-order valence-corrected chi connectivity index (χ2v) is 5.29. The van der Waals surface area contributed by atoms with Crippen molar-refractivity contribution in [3.63, 3.8) is 0 Å². The van der Waals surface area contributed by atoms with Crippen molar-refractivity contribution >= 4 is 23.3 Å². The van der Waals surface area contributed by atoms with Crippen molar-refractivity contribution in [2.75, 3.05) is 25.1 Å². The van der Waals surface area contributed by atoms with Crippen LogP contribution in [0.5, 0.6) is 0 Å². The molecular weight excluding hydrogens is 266 g/mol. The van der Waals surface area contributed by atoms with E-state index in [1.54, 1.807) is 13.2 Å². The van der Waals surface area contributed by atoms with E-state index < -0.39 is 5.91 Å². The molecule has 2 rings (SSSR count). The summed E-state index contributed by atoms with van der Waals surface area (Å²) in [5.41, 5.74) is 5.52. The van der Waals surface area contributed by atoms with Crippen LogP contribution in [0.25, 0.3) is 0 Å². The number of rotatable bonds is 3. The molecule has 0 saturated carbocycles. The summed E-state index contributed by atoms with van der Waals surface area (Å²) in [6, 6.07) is 1.56. The molecule has 0 aromatic carbocycles. The van der Waals surface area contributed by atoms with Gasteiger partial charge in [-0.25, -0.2) is 4.98 Å². The van der Waals surface area contributed by atoms with Crippen LogP contribution in [0.1, 0.15) is 23.7 Å². The van der Waals surface area contributed by atoms with Gasteiger partial charge in [0.15, 0.2) is 0 Å². The number of carbonyl (C=O) groups excluding carboxylic acids is 1. The second kappa shape index (κ2) is 5.75. The summed E-state index contributed by atoms with van der Waals surface area (Å²) in [7, 11) is 1.72. The SMILES string of the molecule is COC1CN(c2ncc(C(N)=O)cc2Cl)CCC1C. The minimum absolute atomic E-state index is 0.169. The molecule has 0 radical (unpaired) electrons. The average Bonchev–Trinajstić information content (AvgIpc) is 2.39. The predicted octanol–water partition coefficient (Wildman–Crippen LogP) is 1.70. The van der Waals surface area contributed by atoms with Crippen LogP contribution in [0, 0.1) is 5.92 Å². The van der Waals surface area contributed by atoms with Crippen LogP contribution in [0.2, 0.25) is 5.02 Å². The van der Waals surface area contributed by atoms with Crippen LogP contribution >= 0.6 is 11.6 Å². The van der Waals surface area contributed by atoms with Gasteiger partial charge in [0.25, 0.3) is 0 Å². The number of nitrogens with zero attached hydrogens (tertiary/aromatic N) is 2. The molecule has 0 aliphatic carbocycles. The third-order valence-corrected chi connectivity index (χ3v) is 3.88. The topological polar surface area (TPSA) is 68.4 Å². The first kappa shape index (κ1) is 14.1. The Morgan fingerprint density at radius 1 is 1.63 bits per heavy atom. The fourth-order valence-corrected chi connectivity index (χ4v) is 2.62. The third-order valence-electron chi connectivity index (χ3n) is 3.60. The van der Waals surface area contributed by atoms with E-state index in [1.165, 1.54) is 6.20 Å². The first-order valence-electron chi connectivity index (χ1n) is 6.26. The van der Waals surface area contributed by atoms with Crippen molar-refractivity contribution in [3.8, 4) is 0 Å². The lowest BCUT2D eigenvalue weighted by atomic mass is 9.96. The number of halogens is 1. The van der Waals surface area contributed by atoms with Crippen LogP contribution in [0.3, 0.4) is 0 Å². The normalized spacial score (nSPS) is 23.4. The van der Waals surface area contributed by atoms with E-state index >= 15 is 0 Å². The molecule has 1 amide bonds. The predicted molar refractivity (Wildman–Crippen MR) is 74.6 cm³/mol. The average molecular weight is 284 g/mol. The maximum atomic E-state index is 11.1. The molecule has 2 heterocycles. The molecule has 2 unspecified atom stereocenters.